The number of nitrogens with zero attached hydrogens (tertiary/aromatic N) is 2. The first kappa shape index (κ1) is 27.4. The molecular weight excluding hydrogens is 472 g/mol. The van der Waals surface area contributed by atoms with Gasteiger partial charge in [0.05, 0.1) is 5.69 Å². The zero-order valence-electron chi connectivity index (χ0n) is 22.0. The Kier molecular flexibility index (Phi) is 8.70. The van der Waals surface area contributed by atoms with E-state index in [4.69, 9.17) is 4.52 Å². The van der Waals surface area contributed by atoms with Crippen LogP contribution in [-0.4, -0.2) is 40.3 Å². The number of amides is 3. The van der Waals surface area contributed by atoms with Crippen LogP contribution in [-0.2, 0) is 4.79 Å². The van der Waals surface area contributed by atoms with Gasteiger partial charge in [-0.1, -0.05) is 49.3 Å². The van der Waals surface area contributed by atoms with E-state index in [2.05, 4.69) is 15.8 Å². The van der Waals surface area contributed by atoms with Gasteiger partial charge in [-0.3, -0.25) is 15.0 Å². The van der Waals surface area contributed by atoms with E-state index in [0.29, 0.717) is 34.8 Å². The van der Waals surface area contributed by atoms with Crippen LogP contribution in [0.25, 0.3) is 11.1 Å². The highest BCUT2D eigenvalue weighted by molar-refractivity contribution is 6.08. The Morgan fingerprint density at radius 3 is 2.19 bits per heavy atom. The van der Waals surface area contributed by atoms with Crippen LogP contribution in [0.4, 0.5) is 16.4 Å². The Bertz CT molecular complexity index is 1260. The number of aromatic nitrogens is 1. The Balaban J connectivity index is 1.85. The second-order valence-electron chi connectivity index (χ2n) is 9.70. The van der Waals surface area contributed by atoms with Crippen molar-refractivity contribution in [3.63, 3.8) is 0 Å². The first-order valence-electron chi connectivity index (χ1n) is 12.3. The van der Waals surface area contributed by atoms with E-state index < -0.39 is 18.0 Å². The van der Waals surface area contributed by atoms with Crippen LogP contribution in [0.2, 0.25) is 0 Å². The predicted molar refractivity (Wildman–Crippen MR) is 143 cm³/mol. The fourth-order valence-electron chi connectivity index (χ4n) is 4.00. The molecule has 1 unspecified atom stereocenters. The lowest BCUT2D eigenvalue weighted by Crippen LogP contribution is -2.50. The number of urea groups is 1. The van der Waals surface area contributed by atoms with E-state index in [1.165, 1.54) is 4.90 Å². The van der Waals surface area contributed by atoms with Crippen molar-refractivity contribution in [1.29, 1.82) is 0 Å². The summed E-state index contributed by atoms with van der Waals surface area (Å²) in [5, 5.41) is 18.8. The molecule has 9 heteroatoms. The summed E-state index contributed by atoms with van der Waals surface area (Å²) in [6.45, 7) is 11.2. The van der Waals surface area contributed by atoms with Gasteiger partial charge in [0.2, 0.25) is 5.88 Å². The van der Waals surface area contributed by atoms with E-state index in [0.717, 1.165) is 11.1 Å². The second kappa shape index (κ2) is 11.7. The van der Waals surface area contributed by atoms with Crippen LogP contribution in [0.15, 0.2) is 53.1 Å². The Hall–Kier alpha value is -4.14. The van der Waals surface area contributed by atoms with Gasteiger partial charge < -0.3 is 14.9 Å². The molecule has 0 aliphatic heterocycles. The molecule has 2 aromatic carbocycles. The number of carbonyl (C=O) groups is 3. The summed E-state index contributed by atoms with van der Waals surface area (Å²) >= 11 is 0. The maximum atomic E-state index is 13.1. The number of carboxylic acids is 1. The highest BCUT2D eigenvalue weighted by Gasteiger charge is 2.26. The number of rotatable bonds is 9. The van der Waals surface area contributed by atoms with Gasteiger partial charge in [-0.2, -0.15) is 0 Å². The molecule has 0 aliphatic carbocycles. The Morgan fingerprint density at radius 2 is 1.65 bits per heavy atom. The quantitative estimate of drug-likeness (QED) is 0.345. The SMILES string of the molecule is Cc1noc(NC(=O)c2ccccc2-c2ccc(N(C(=O)NC(CC(C)C)C(=O)O)C(C)C)cc2)c1C. The molecule has 0 radical (unpaired) electrons. The van der Waals surface area contributed by atoms with Crippen LogP contribution in [0.1, 0.15) is 55.7 Å². The van der Waals surface area contributed by atoms with E-state index in [-0.39, 0.29) is 17.9 Å². The number of nitrogens with one attached hydrogen (secondary N) is 2. The van der Waals surface area contributed by atoms with Crippen molar-refractivity contribution in [2.24, 2.45) is 5.92 Å². The normalized spacial score (nSPS) is 11.9. The average Bonchev–Trinajstić information content (AvgIpc) is 3.15. The lowest BCUT2D eigenvalue weighted by atomic mass is 9.98. The predicted octanol–water partition coefficient (Wildman–Crippen LogP) is 5.63. The van der Waals surface area contributed by atoms with Gasteiger partial charge in [0.25, 0.3) is 5.91 Å². The zero-order chi connectivity index (χ0) is 27.3. The fourth-order valence-corrected chi connectivity index (χ4v) is 4.00. The average molecular weight is 507 g/mol. The van der Waals surface area contributed by atoms with Crippen LogP contribution in [0, 0.1) is 19.8 Å². The largest absolute Gasteiger partial charge is 0.480 e. The fraction of sp³-hybridized carbons (Fsp3) is 0.357. The number of carbonyl (C=O) groups excluding carboxylic acids is 2. The molecule has 37 heavy (non-hydrogen) atoms. The van der Waals surface area contributed by atoms with E-state index in [9.17, 15) is 19.5 Å². The maximum absolute atomic E-state index is 13.1. The minimum Gasteiger partial charge on any atom is -0.480 e. The highest BCUT2D eigenvalue weighted by Crippen LogP contribution is 2.28. The molecule has 0 bridgehead atoms. The van der Waals surface area contributed by atoms with Crippen molar-refractivity contribution in [2.75, 3.05) is 10.2 Å². The third-order valence-corrected chi connectivity index (χ3v) is 6.05. The molecular formula is C28H34N4O5. The summed E-state index contributed by atoms with van der Waals surface area (Å²) in [6, 6.07) is 12.8. The van der Waals surface area contributed by atoms with Crippen LogP contribution in [0.5, 0.6) is 0 Å². The van der Waals surface area contributed by atoms with Gasteiger partial charge >= 0.3 is 12.0 Å². The molecule has 3 aromatic rings. The van der Waals surface area contributed by atoms with Gasteiger partial charge in [0.1, 0.15) is 6.04 Å². The number of benzene rings is 2. The molecule has 0 saturated carbocycles. The van der Waals surface area contributed by atoms with E-state index >= 15 is 0 Å². The molecule has 0 fully saturated rings. The summed E-state index contributed by atoms with van der Waals surface area (Å²) in [6.07, 6.45) is 0.331. The Morgan fingerprint density at radius 1 is 1.00 bits per heavy atom. The summed E-state index contributed by atoms with van der Waals surface area (Å²) in [5.74, 6) is -0.968. The third-order valence-electron chi connectivity index (χ3n) is 6.05. The summed E-state index contributed by atoms with van der Waals surface area (Å²) < 4.78 is 5.22. The summed E-state index contributed by atoms with van der Waals surface area (Å²) in [4.78, 5) is 39.3. The molecule has 1 atom stereocenters. The van der Waals surface area contributed by atoms with Gasteiger partial charge in [-0.05, 0) is 69.4 Å². The number of aliphatic carboxylic acids is 1. The van der Waals surface area contributed by atoms with E-state index in [1.807, 2.05) is 58.9 Å². The van der Waals surface area contributed by atoms with Gasteiger partial charge in [0, 0.05) is 22.9 Å². The molecule has 0 saturated heterocycles. The number of aryl methyl sites for hydroxylation is 1. The zero-order valence-corrected chi connectivity index (χ0v) is 22.0. The minimum absolute atomic E-state index is 0.113. The lowest BCUT2D eigenvalue weighted by molar-refractivity contribution is -0.139. The molecule has 1 aromatic heterocycles. The monoisotopic (exact) mass is 506 g/mol. The molecule has 9 nitrogen and oxygen atoms in total. The summed E-state index contributed by atoms with van der Waals surface area (Å²) in [5.41, 5.74) is 4.04. The van der Waals surface area contributed by atoms with Crippen molar-refractivity contribution < 1.29 is 24.0 Å². The van der Waals surface area contributed by atoms with Crippen molar-refractivity contribution >= 4 is 29.5 Å². The van der Waals surface area contributed by atoms with Crippen LogP contribution >= 0.6 is 0 Å². The number of hydrogen-bond acceptors (Lipinski definition) is 5. The van der Waals surface area contributed by atoms with Crippen molar-refractivity contribution in [1.82, 2.24) is 10.5 Å². The van der Waals surface area contributed by atoms with Crippen LogP contribution < -0.4 is 15.5 Å². The molecule has 3 N–H and O–H groups in total. The van der Waals surface area contributed by atoms with Gasteiger partial charge in [-0.15, -0.1) is 0 Å². The van der Waals surface area contributed by atoms with Gasteiger partial charge in [0.15, 0.2) is 0 Å². The number of carboxylic acid groups (broad SMARTS) is 1. The smallest absolute Gasteiger partial charge is 0.326 e. The maximum Gasteiger partial charge on any atom is 0.326 e. The number of anilines is 2. The molecule has 196 valence electrons. The standard InChI is InChI=1S/C28H34N4O5/c1-16(2)15-24(27(34)35)29-28(36)32(17(3)4)21-13-11-20(12-14-21)22-9-7-8-10-23(22)25(33)30-26-18(5)19(6)31-37-26/h7-14,16-17,24H,15H2,1-6H3,(H,29,36)(H,30,33)(H,34,35). The third kappa shape index (κ3) is 6.55. The summed E-state index contributed by atoms with van der Waals surface area (Å²) in [7, 11) is 0. The number of hydrogen-bond donors (Lipinski definition) is 3. The minimum atomic E-state index is -1.06. The first-order valence-corrected chi connectivity index (χ1v) is 12.3. The second-order valence-corrected chi connectivity index (χ2v) is 9.70. The molecule has 1 heterocycles. The highest BCUT2D eigenvalue weighted by atomic mass is 16.5. The Labute approximate surface area is 216 Å². The first-order chi connectivity index (χ1) is 17.5. The lowest BCUT2D eigenvalue weighted by Gasteiger charge is -2.29. The molecule has 0 aliphatic rings. The van der Waals surface area contributed by atoms with E-state index in [1.54, 1.807) is 31.2 Å². The van der Waals surface area contributed by atoms with Crippen LogP contribution in [0.3, 0.4) is 0 Å². The molecule has 3 rings (SSSR count). The van der Waals surface area contributed by atoms with Gasteiger partial charge in [-0.25, -0.2) is 9.59 Å². The van der Waals surface area contributed by atoms with Crippen molar-refractivity contribution in [3.05, 3.63) is 65.4 Å². The van der Waals surface area contributed by atoms with Crippen molar-refractivity contribution in [3.8, 4) is 11.1 Å². The molecule has 0 spiro atoms. The van der Waals surface area contributed by atoms with Crippen molar-refractivity contribution in [2.45, 2.75) is 60.0 Å². The topological polar surface area (TPSA) is 125 Å². The molecule has 3 amide bonds.